The summed E-state index contributed by atoms with van der Waals surface area (Å²) in [7, 11) is 0. The van der Waals surface area contributed by atoms with E-state index in [2.05, 4.69) is 4.57 Å². The molecule has 0 N–H and O–H groups in total. The highest BCUT2D eigenvalue weighted by molar-refractivity contribution is 6.54. The van der Waals surface area contributed by atoms with Crippen molar-refractivity contribution in [2.24, 2.45) is 0 Å². The molecule has 0 unspecified atom stereocenters. The summed E-state index contributed by atoms with van der Waals surface area (Å²) in [5.74, 6) is -2.36. The Bertz CT molecular complexity index is 2680. The Hall–Kier alpha value is -7.38. The van der Waals surface area contributed by atoms with Gasteiger partial charge in [0.15, 0.2) is 0 Å². The predicted octanol–water partition coefficient (Wildman–Crippen LogP) is 9.84. The number of hydrogen-bond donors (Lipinski definition) is 0. The Morgan fingerprint density at radius 1 is 0.340 bits per heavy atom. The van der Waals surface area contributed by atoms with E-state index in [1.807, 2.05) is 152 Å². The zero-order valence-corrected chi connectivity index (χ0v) is 28.1. The summed E-state index contributed by atoms with van der Waals surface area (Å²) in [6, 6.07) is 52.0. The summed E-state index contributed by atoms with van der Waals surface area (Å²) >= 11 is 0. The first kappa shape index (κ1) is 30.4. The van der Waals surface area contributed by atoms with Gasteiger partial charge in [0.05, 0.1) is 44.9 Å². The quantitative estimate of drug-likeness (QED) is 0.169. The highest BCUT2D eigenvalue weighted by Gasteiger charge is 2.39. The Morgan fingerprint density at radius 2 is 0.755 bits per heavy atom. The van der Waals surface area contributed by atoms with Gasteiger partial charge in [0.2, 0.25) is 0 Å². The summed E-state index contributed by atoms with van der Waals surface area (Å²) < 4.78 is 2.13. The van der Waals surface area contributed by atoms with Crippen LogP contribution in [0.15, 0.2) is 164 Å². The molecule has 7 heteroatoms. The summed E-state index contributed by atoms with van der Waals surface area (Å²) in [6.07, 6.45) is 0. The molecule has 53 heavy (non-hydrogen) atoms. The highest BCUT2D eigenvalue weighted by Crippen LogP contribution is 2.44. The van der Waals surface area contributed by atoms with Crippen molar-refractivity contribution in [3.8, 4) is 27.9 Å². The standard InChI is InChI=1S/C46H27N3O4/c50-43-37-24-30(28-10-4-1-5-11-28)16-20-41(37)48(45(43)52)33-18-22-39-35(26-33)36-27-34(19-23-40(36)47(39)32-14-8-3-9-15-32)49-42-21-17-31(29-12-6-2-7-13-29)25-38(42)44(51)46(49)53/h1-27H. The molecule has 8 aromatic rings. The van der Waals surface area contributed by atoms with E-state index in [4.69, 9.17) is 0 Å². The number of para-hydroxylation sites is 1. The van der Waals surface area contributed by atoms with Crippen molar-refractivity contribution < 1.29 is 19.2 Å². The zero-order valence-electron chi connectivity index (χ0n) is 28.1. The molecular weight excluding hydrogens is 659 g/mol. The fraction of sp³-hybridized carbons (Fsp3) is 0. The number of carbonyl (C=O) groups is 4. The molecular formula is C46H27N3O4. The number of nitrogens with zero attached hydrogens (tertiary/aromatic N) is 3. The van der Waals surface area contributed by atoms with Gasteiger partial charge in [-0.2, -0.15) is 0 Å². The zero-order chi connectivity index (χ0) is 35.8. The van der Waals surface area contributed by atoms with Crippen LogP contribution in [0.3, 0.4) is 0 Å². The second kappa shape index (κ2) is 11.6. The molecule has 10 rings (SSSR count). The van der Waals surface area contributed by atoms with Gasteiger partial charge in [-0.1, -0.05) is 91.0 Å². The minimum absolute atomic E-state index is 0.358. The predicted molar refractivity (Wildman–Crippen MR) is 207 cm³/mol. The van der Waals surface area contributed by atoms with Gasteiger partial charge < -0.3 is 4.57 Å². The van der Waals surface area contributed by atoms with Crippen LogP contribution in [-0.4, -0.2) is 27.9 Å². The van der Waals surface area contributed by atoms with Crippen molar-refractivity contribution in [1.82, 2.24) is 4.57 Å². The van der Waals surface area contributed by atoms with E-state index in [1.165, 1.54) is 9.80 Å². The average molecular weight is 686 g/mol. The molecule has 0 atom stereocenters. The SMILES string of the molecule is O=C1C(=O)N(c2ccc3c(c2)c2cc(N4C(=O)C(=O)c5cc(-c6ccccc6)ccc54)ccc2n3-c2ccccc2)c2ccc(-c3ccccc3)cc21. The Kier molecular flexibility index (Phi) is 6.65. The van der Waals surface area contributed by atoms with E-state index in [0.29, 0.717) is 33.9 Å². The molecule has 0 aliphatic carbocycles. The molecule has 0 saturated heterocycles. The van der Waals surface area contributed by atoms with E-state index in [-0.39, 0.29) is 0 Å². The maximum atomic E-state index is 13.7. The van der Waals surface area contributed by atoms with Crippen LogP contribution in [0.25, 0.3) is 49.7 Å². The number of amides is 2. The van der Waals surface area contributed by atoms with Crippen LogP contribution in [0.5, 0.6) is 0 Å². The fourth-order valence-electron chi connectivity index (χ4n) is 7.74. The number of ketones is 2. The minimum Gasteiger partial charge on any atom is -0.309 e. The number of Topliss-reactive ketones (excluding diaryl/α,β-unsaturated/α-hetero) is 2. The topological polar surface area (TPSA) is 79.7 Å². The van der Waals surface area contributed by atoms with E-state index in [9.17, 15) is 19.2 Å². The number of anilines is 4. The molecule has 2 aliphatic heterocycles. The van der Waals surface area contributed by atoms with Gasteiger partial charge in [0, 0.05) is 16.5 Å². The molecule has 2 amide bonds. The second-order valence-electron chi connectivity index (χ2n) is 13.2. The largest absolute Gasteiger partial charge is 0.309 e. The molecule has 0 fully saturated rings. The molecule has 250 valence electrons. The van der Waals surface area contributed by atoms with Crippen LogP contribution in [-0.2, 0) is 9.59 Å². The highest BCUT2D eigenvalue weighted by atomic mass is 16.2. The van der Waals surface area contributed by atoms with Gasteiger partial charge in [0.25, 0.3) is 11.6 Å². The number of carbonyl (C=O) groups excluding carboxylic acids is 4. The van der Waals surface area contributed by atoms with Gasteiger partial charge in [-0.05, 0) is 95.1 Å². The van der Waals surface area contributed by atoms with Crippen LogP contribution >= 0.6 is 0 Å². The van der Waals surface area contributed by atoms with Crippen LogP contribution in [0.4, 0.5) is 22.7 Å². The fourth-order valence-corrected chi connectivity index (χ4v) is 7.74. The number of rotatable bonds is 5. The summed E-state index contributed by atoms with van der Waals surface area (Å²) in [4.78, 5) is 57.1. The smallest absolute Gasteiger partial charge is 0.304 e. The molecule has 2 aliphatic rings. The first-order valence-corrected chi connectivity index (χ1v) is 17.3. The lowest BCUT2D eigenvalue weighted by atomic mass is 10.0. The minimum atomic E-state index is -0.621. The van der Waals surface area contributed by atoms with Gasteiger partial charge in [-0.25, -0.2) is 0 Å². The lowest BCUT2D eigenvalue weighted by Gasteiger charge is -2.18. The Balaban J connectivity index is 1.13. The van der Waals surface area contributed by atoms with Crippen LogP contribution in [0.1, 0.15) is 20.7 Å². The lowest BCUT2D eigenvalue weighted by molar-refractivity contribution is -0.114. The average Bonchev–Trinajstić information content (AvgIpc) is 3.77. The van der Waals surface area contributed by atoms with Crippen molar-refractivity contribution >= 4 is 67.9 Å². The van der Waals surface area contributed by atoms with Crippen molar-refractivity contribution in [3.63, 3.8) is 0 Å². The van der Waals surface area contributed by atoms with E-state index in [0.717, 1.165) is 49.7 Å². The van der Waals surface area contributed by atoms with E-state index >= 15 is 0 Å². The molecule has 7 nitrogen and oxygen atoms in total. The van der Waals surface area contributed by atoms with Crippen LogP contribution in [0.2, 0.25) is 0 Å². The van der Waals surface area contributed by atoms with Gasteiger partial charge in [0.1, 0.15) is 0 Å². The monoisotopic (exact) mass is 685 g/mol. The maximum absolute atomic E-state index is 13.7. The third-order valence-corrected chi connectivity index (χ3v) is 10.2. The second-order valence-corrected chi connectivity index (χ2v) is 13.2. The Morgan fingerprint density at radius 3 is 1.19 bits per heavy atom. The molecule has 0 spiro atoms. The number of aromatic nitrogens is 1. The molecule has 1 aromatic heterocycles. The molecule has 0 bridgehead atoms. The molecule has 0 saturated carbocycles. The number of fused-ring (bicyclic) bond motifs is 5. The first-order valence-electron chi connectivity index (χ1n) is 17.3. The number of hydrogen-bond acceptors (Lipinski definition) is 4. The maximum Gasteiger partial charge on any atom is 0.304 e. The first-order chi connectivity index (χ1) is 26.0. The van der Waals surface area contributed by atoms with Crippen molar-refractivity contribution in [2.45, 2.75) is 0 Å². The van der Waals surface area contributed by atoms with E-state index in [1.54, 1.807) is 12.1 Å². The summed E-state index contributed by atoms with van der Waals surface area (Å²) in [5.41, 5.74) is 9.18. The molecule has 3 heterocycles. The third kappa shape index (κ3) is 4.61. The Labute approximate surface area is 303 Å². The van der Waals surface area contributed by atoms with Gasteiger partial charge >= 0.3 is 11.8 Å². The lowest BCUT2D eigenvalue weighted by Crippen LogP contribution is -2.24. The van der Waals surface area contributed by atoms with Crippen molar-refractivity contribution in [1.29, 1.82) is 0 Å². The summed E-state index contributed by atoms with van der Waals surface area (Å²) in [6.45, 7) is 0. The molecule has 0 radical (unpaired) electrons. The van der Waals surface area contributed by atoms with Gasteiger partial charge in [-0.3, -0.25) is 29.0 Å². The normalized spacial score (nSPS) is 13.7. The van der Waals surface area contributed by atoms with Crippen molar-refractivity contribution in [3.05, 3.63) is 175 Å². The summed E-state index contributed by atoms with van der Waals surface area (Å²) in [5, 5.41) is 1.63. The van der Waals surface area contributed by atoms with Crippen molar-refractivity contribution in [2.75, 3.05) is 9.80 Å². The molecule has 7 aromatic carbocycles. The third-order valence-electron chi connectivity index (χ3n) is 10.2. The van der Waals surface area contributed by atoms with Crippen LogP contribution < -0.4 is 9.80 Å². The number of benzene rings is 7. The van der Waals surface area contributed by atoms with Gasteiger partial charge in [-0.15, -0.1) is 0 Å². The van der Waals surface area contributed by atoms with Crippen LogP contribution in [0, 0.1) is 0 Å². The van der Waals surface area contributed by atoms with E-state index < -0.39 is 23.4 Å².